The van der Waals surface area contributed by atoms with E-state index in [1.165, 1.54) is 0 Å². The number of fused-ring (bicyclic) bond motifs is 6. The van der Waals surface area contributed by atoms with E-state index < -0.39 is 71.5 Å². The van der Waals surface area contributed by atoms with Gasteiger partial charge in [-0.1, -0.05) is 36.4 Å². The van der Waals surface area contributed by atoms with Gasteiger partial charge in [0.15, 0.2) is 0 Å². The molecule has 4 aromatic rings. The average Bonchev–Trinajstić information content (AvgIpc) is 4.07. The molecular weight excluding hydrogens is 731 g/mol. The molecule has 0 spiro atoms. The second-order valence-corrected chi connectivity index (χ2v) is 16.0. The number of para-hydroxylation sites is 2. The van der Waals surface area contributed by atoms with Crippen molar-refractivity contribution in [1.29, 1.82) is 0 Å². The molecular formula is C42H49N7O8. The number of benzene rings is 2. The molecule has 4 bridgehead atoms. The van der Waals surface area contributed by atoms with Crippen molar-refractivity contribution in [2.24, 2.45) is 58.8 Å². The highest BCUT2D eigenvalue weighted by Gasteiger charge is 2.62. The lowest BCUT2D eigenvalue weighted by molar-refractivity contribution is -0.147. The average molecular weight is 780 g/mol. The molecule has 15 heteroatoms. The highest BCUT2D eigenvalue weighted by atomic mass is 16.5. The number of H-pyrrole nitrogens is 2. The third-order valence-corrected chi connectivity index (χ3v) is 12.8. The van der Waals surface area contributed by atoms with Crippen LogP contribution in [-0.4, -0.2) is 83.9 Å². The molecule has 0 aliphatic heterocycles. The Hall–Kier alpha value is -5.54. The topological polar surface area (TPSA) is 241 Å². The van der Waals surface area contributed by atoms with Crippen molar-refractivity contribution >= 4 is 57.4 Å². The number of esters is 2. The van der Waals surface area contributed by atoms with Crippen molar-refractivity contribution in [2.75, 3.05) is 26.2 Å². The van der Waals surface area contributed by atoms with E-state index in [0.29, 0.717) is 86.6 Å². The second kappa shape index (κ2) is 16.1. The standard InChI is InChI=1S/C42H49N7O8/c43-11-5-13-45-37(50)33-21-15-25(31(17-21)56-41(54)27-19-47-29-9-3-1-7-23(27)29)35(33)39(52)49-40(53)36-26-16-22(34(36)38(51)46-14-6-12-44)18-32(26)57-42(55)28-20-48-30-10-4-2-8-24(28)30/h1-4,7-10,19-22,25-26,31-36,47-48H,5-6,11-18,43-44H2,(H,45,50)(H,46,51)(H,49,52,53). The zero-order valence-electron chi connectivity index (χ0n) is 31.5. The quantitative estimate of drug-likeness (QED) is 0.0561. The number of imide groups is 1. The van der Waals surface area contributed by atoms with Gasteiger partial charge in [0, 0.05) is 59.1 Å². The predicted octanol–water partition coefficient (Wildman–Crippen LogP) is 2.52. The van der Waals surface area contributed by atoms with Crippen LogP contribution in [0.25, 0.3) is 21.8 Å². The zero-order chi connectivity index (χ0) is 39.8. The lowest BCUT2D eigenvalue weighted by Gasteiger charge is -2.36. The van der Waals surface area contributed by atoms with Crippen molar-refractivity contribution in [2.45, 2.75) is 50.7 Å². The molecule has 2 heterocycles. The summed E-state index contributed by atoms with van der Waals surface area (Å²) in [7, 11) is 0. The number of aromatic amines is 2. The van der Waals surface area contributed by atoms with Crippen molar-refractivity contribution in [3.63, 3.8) is 0 Å². The monoisotopic (exact) mass is 779 g/mol. The summed E-state index contributed by atoms with van der Waals surface area (Å²) >= 11 is 0. The zero-order valence-corrected chi connectivity index (χ0v) is 31.5. The van der Waals surface area contributed by atoms with Crippen molar-refractivity contribution in [1.82, 2.24) is 25.9 Å². The Bertz CT molecular complexity index is 2050. The van der Waals surface area contributed by atoms with Gasteiger partial charge in [-0.25, -0.2) is 9.59 Å². The number of carbonyl (C=O) groups is 6. The summed E-state index contributed by atoms with van der Waals surface area (Å²) in [6.07, 6.45) is 4.69. The number of carbonyl (C=O) groups excluding carboxylic acids is 6. The minimum absolute atomic E-state index is 0.267. The first kappa shape index (κ1) is 38.3. The van der Waals surface area contributed by atoms with Gasteiger partial charge in [-0.05, 0) is 75.6 Å². The van der Waals surface area contributed by atoms with E-state index in [1.807, 2.05) is 48.5 Å². The van der Waals surface area contributed by atoms with E-state index in [1.54, 1.807) is 12.4 Å². The fourth-order valence-electron chi connectivity index (χ4n) is 10.4. The van der Waals surface area contributed by atoms with Gasteiger partial charge < -0.3 is 41.5 Å². The summed E-state index contributed by atoms with van der Waals surface area (Å²) < 4.78 is 12.1. The Balaban J connectivity index is 1.02. The molecule has 10 atom stereocenters. The number of hydrogen-bond donors (Lipinski definition) is 7. The van der Waals surface area contributed by atoms with Crippen LogP contribution >= 0.6 is 0 Å². The molecule has 15 nitrogen and oxygen atoms in total. The Morgan fingerprint density at radius 2 is 1.00 bits per heavy atom. The van der Waals surface area contributed by atoms with Gasteiger partial charge in [-0.2, -0.15) is 0 Å². The summed E-state index contributed by atoms with van der Waals surface area (Å²) in [5.74, 6) is -8.07. The van der Waals surface area contributed by atoms with Crippen LogP contribution in [0.2, 0.25) is 0 Å². The molecule has 4 fully saturated rings. The van der Waals surface area contributed by atoms with Gasteiger partial charge in [0.25, 0.3) is 0 Å². The summed E-state index contributed by atoms with van der Waals surface area (Å²) in [5, 5.41) is 9.85. The maximum Gasteiger partial charge on any atom is 0.340 e. The molecule has 4 saturated carbocycles. The summed E-state index contributed by atoms with van der Waals surface area (Å²) in [5.41, 5.74) is 13.6. The molecule has 4 amide bonds. The van der Waals surface area contributed by atoms with E-state index in [-0.39, 0.29) is 23.7 Å². The molecule has 4 aliphatic carbocycles. The third-order valence-electron chi connectivity index (χ3n) is 12.8. The number of nitrogens with two attached hydrogens (primary N) is 2. The van der Waals surface area contributed by atoms with E-state index in [2.05, 4.69) is 25.9 Å². The van der Waals surface area contributed by atoms with Gasteiger partial charge in [0.2, 0.25) is 23.6 Å². The number of nitrogens with one attached hydrogen (secondary N) is 5. The van der Waals surface area contributed by atoms with Crippen LogP contribution in [0.3, 0.4) is 0 Å². The molecule has 10 unspecified atom stereocenters. The first-order valence-electron chi connectivity index (χ1n) is 20.0. The Labute approximate surface area is 328 Å². The lowest BCUT2D eigenvalue weighted by atomic mass is 9.75. The fourth-order valence-corrected chi connectivity index (χ4v) is 10.4. The first-order valence-corrected chi connectivity index (χ1v) is 20.0. The molecule has 57 heavy (non-hydrogen) atoms. The summed E-state index contributed by atoms with van der Waals surface area (Å²) in [4.78, 5) is 89.4. The van der Waals surface area contributed by atoms with Gasteiger partial charge in [0.05, 0.1) is 34.8 Å². The van der Waals surface area contributed by atoms with Crippen LogP contribution in [0.5, 0.6) is 0 Å². The number of rotatable bonds is 14. The summed E-state index contributed by atoms with van der Waals surface area (Å²) in [6.45, 7) is 1.42. The third kappa shape index (κ3) is 7.18. The second-order valence-electron chi connectivity index (χ2n) is 16.0. The minimum Gasteiger partial charge on any atom is -0.458 e. The van der Waals surface area contributed by atoms with Crippen LogP contribution in [0.4, 0.5) is 0 Å². The highest BCUT2D eigenvalue weighted by molar-refractivity contribution is 6.05. The molecule has 9 N–H and O–H groups in total. The fraction of sp³-hybridized carbons (Fsp3) is 0.476. The molecule has 0 saturated heterocycles. The molecule has 8 rings (SSSR count). The Kier molecular flexibility index (Phi) is 10.9. The number of aromatic nitrogens is 2. The van der Waals surface area contributed by atoms with E-state index >= 15 is 0 Å². The maximum absolute atomic E-state index is 14.4. The van der Waals surface area contributed by atoms with Crippen molar-refractivity contribution in [3.8, 4) is 0 Å². The SMILES string of the molecule is NCCCNC(=O)C1C2CC(OC(=O)c3c[nH]c4ccccc34)C(C2)C1C(=O)NC(=O)C1C2CC(CC2OC(=O)c2c[nH]c3ccccc23)C1C(=O)NCCCN. The van der Waals surface area contributed by atoms with Crippen LogP contribution in [0.1, 0.15) is 59.2 Å². The Morgan fingerprint density at radius 3 is 1.42 bits per heavy atom. The van der Waals surface area contributed by atoms with Crippen LogP contribution in [0, 0.1) is 47.3 Å². The van der Waals surface area contributed by atoms with Gasteiger partial charge >= 0.3 is 11.9 Å². The summed E-state index contributed by atoms with van der Waals surface area (Å²) in [6, 6.07) is 14.7. The molecule has 2 aromatic carbocycles. The normalized spacial score (nSPS) is 28.4. The number of hydrogen-bond acceptors (Lipinski definition) is 10. The van der Waals surface area contributed by atoms with Gasteiger partial charge in [-0.15, -0.1) is 0 Å². The smallest absolute Gasteiger partial charge is 0.340 e. The van der Waals surface area contributed by atoms with Crippen LogP contribution in [0.15, 0.2) is 60.9 Å². The first-order chi connectivity index (χ1) is 27.7. The largest absolute Gasteiger partial charge is 0.458 e. The highest BCUT2D eigenvalue weighted by Crippen LogP contribution is 2.56. The lowest BCUT2D eigenvalue weighted by Crippen LogP contribution is -2.53. The van der Waals surface area contributed by atoms with Gasteiger partial charge in [-0.3, -0.25) is 24.5 Å². The van der Waals surface area contributed by atoms with Crippen molar-refractivity contribution < 1.29 is 38.2 Å². The predicted molar refractivity (Wildman–Crippen MR) is 208 cm³/mol. The molecule has 300 valence electrons. The minimum atomic E-state index is -0.975. The van der Waals surface area contributed by atoms with Crippen molar-refractivity contribution in [3.05, 3.63) is 72.1 Å². The Morgan fingerprint density at radius 1 is 0.579 bits per heavy atom. The van der Waals surface area contributed by atoms with Crippen LogP contribution in [-0.2, 0) is 28.7 Å². The van der Waals surface area contributed by atoms with Crippen LogP contribution < -0.4 is 27.4 Å². The molecule has 0 radical (unpaired) electrons. The number of amides is 4. The molecule has 4 aliphatic rings. The number of ether oxygens (including phenoxy) is 2. The van der Waals surface area contributed by atoms with E-state index in [9.17, 15) is 28.8 Å². The maximum atomic E-state index is 14.4. The van der Waals surface area contributed by atoms with Gasteiger partial charge in [0.1, 0.15) is 12.2 Å². The van der Waals surface area contributed by atoms with E-state index in [0.717, 1.165) is 11.0 Å². The van der Waals surface area contributed by atoms with E-state index in [4.69, 9.17) is 20.9 Å². The molecule has 2 aromatic heterocycles.